The fraction of sp³-hybridized carbons (Fsp3) is 0.333. The molecule has 2 heterocycles. The molecule has 0 aliphatic carbocycles. The molecular weight excluding hydrogens is 370 g/mol. The molecule has 2 aromatic rings. The standard InChI is InChI=1S/C18H20F2N6O2/c1-4-15(10(3)23-18(27)28)25-17-14(20)5-11(7-21)16(26-17)24-12-6-13(19)9(2)22-8-12/h5-6,8,10,15,23H,4H2,1-3H3,(H,27,28)(H2,24,25,26)/t10-,15+/m0/s1. The molecule has 0 unspecified atom stereocenters. The van der Waals surface area contributed by atoms with Gasteiger partial charge in [-0.25, -0.2) is 18.6 Å². The summed E-state index contributed by atoms with van der Waals surface area (Å²) in [5, 5.41) is 26.0. The molecule has 0 aliphatic rings. The van der Waals surface area contributed by atoms with Crippen LogP contribution in [0.1, 0.15) is 31.5 Å². The van der Waals surface area contributed by atoms with Crippen LogP contribution in [0, 0.1) is 29.9 Å². The predicted octanol–water partition coefficient (Wildman–Crippen LogP) is 3.53. The quantitative estimate of drug-likeness (QED) is 0.570. The highest BCUT2D eigenvalue weighted by atomic mass is 19.1. The van der Waals surface area contributed by atoms with E-state index >= 15 is 0 Å². The van der Waals surface area contributed by atoms with Gasteiger partial charge in [-0.3, -0.25) is 4.98 Å². The van der Waals surface area contributed by atoms with Crippen molar-refractivity contribution in [2.45, 2.75) is 39.3 Å². The lowest BCUT2D eigenvalue weighted by molar-refractivity contribution is 0.189. The smallest absolute Gasteiger partial charge is 0.404 e. The number of nitriles is 1. The van der Waals surface area contributed by atoms with Gasteiger partial charge >= 0.3 is 6.09 Å². The van der Waals surface area contributed by atoms with E-state index in [0.29, 0.717) is 6.42 Å². The molecule has 2 rings (SSSR count). The molecular formula is C18H20F2N6O2. The van der Waals surface area contributed by atoms with Crippen molar-refractivity contribution in [3.05, 3.63) is 41.2 Å². The summed E-state index contributed by atoms with van der Waals surface area (Å²) >= 11 is 0. The summed E-state index contributed by atoms with van der Waals surface area (Å²) in [6.07, 6.45) is 0.654. The largest absolute Gasteiger partial charge is 0.465 e. The van der Waals surface area contributed by atoms with E-state index in [1.807, 2.05) is 6.07 Å². The molecule has 0 bridgehead atoms. The fourth-order valence-corrected chi connectivity index (χ4v) is 2.53. The Kier molecular flexibility index (Phi) is 6.65. The van der Waals surface area contributed by atoms with Crippen LogP contribution < -0.4 is 16.0 Å². The van der Waals surface area contributed by atoms with Gasteiger partial charge in [0.15, 0.2) is 17.5 Å². The number of aryl methyl sites for hydroxylation is 1. The number of hydrogen-bond donors (Lipinski definition) is 4. The van der Waals surface area contributed by atoms with Gasteiger partial charge in [-0.15, -0.1) is 0 Å². The van der Waals surface area contributed by atoms with Crippen LogP contribution in [-0.2, 0) is 0 Å². The molecule has 0 radical (unpaired) electrons. The summed E-state index contributed by atoms with van der Waals surface area (Å²) in [5.41, 5.74) is 0.387. The van der Waals surface area contributed by atoms with Gasteiger partial charge in [0.25, 0.3) is 0 Å². The van der Waals surface area contributed by atoms with Crippen molar-refractivity contribution in [1.29, 1.82) is 5.26 Å². The Morgan fingerprint density at radius 3 is 2.61 bits per heavy atom. The molecule has 2 aromatic heterocycles. The summed E-state index contributed by atoms with van der Waals surface area (Å²) in [6, 6.07) is 3.05. The van der Waals surface area contributed by atoms with Gasteiger partial charge in [-0.05, 0) is 26.3 Å². The number of nitrogens with zero attached hydrogens (tertiary/aromatic N) is 3. The van der Waals surface area contributed by atoms with E-state index < -0.39 is 29.8 Å². The van der Waals surface area contributed by atoms with Crippen LogP contribution in [0.5, 0.6) is 0 Å². The minimum atomic E-state index is -1.20. The van der Waals surface area contributed by atoms with Crippen molar-refractivity contribution < 1.29 is 18.7 Å². The number of nitrogens with one attached hydrogen (secondary N) is 3. The number of aromatic nitrogens is 2. The second kappa shape index (κ2) is 8.94. The Bertz CT molecular complexity index is 916. The zero-order valence-corrected chi connectivity index (χ0v) is 15.5. The lowest BCUT2D eigenvalue weighted by Crippen LogP contribution is -2.44. The molecule has 0 saturated carbocycles. The Morgan fingerprint density at radius 2 is 2.04 bits per heavy atom. The van der Waals surface area contributed by atoms with Crippen LogP contribution in [0.3, 0.4) is 0 Å². The molecule has 0 spiro atoms. The number of halogens is 2. The number of hydrogen-bond acceptors (Lipinski definition) is 6. The van der Waals surface area contributed by atoms with Crippen molar-refractivity contribution >= 4 is 23.4 Å². The van der Waals surface area contributed by atoms with Crippen LogP contribution >= 0.6 is 0 Å². The number of anilines is 3. The lowest BCUT2D eigenvalue weighted by atomic mass is 10.1. The summed E-state index contributed by atoms with van der Waals surface area (Å²) in [6.45, 7) is 4.95. The maximum Gasteiger partial charge on any atom is 0.404 e. The van der Waals surface area contributed by atoms with Crippen LogP contribution in [0.15, 0.2) is 18.3 Å². The first kappa shape index (κ1) is 20.8. The van der Waals surface area contributed by atoms with E-state index in [2.05, 4.69) is 25.9 Å². The minimum absolute atomic E-state index is 0.0187. The SMILES string of the molecule is CC[C@@H](Nc1nc(Nc2cnc(C)c(F)c2)c(C#N)cc1F)[C@H](C)NC(=O)O. The van der Waals surface area contributed by atoms with Crippen LogP contribution in [-0.4, -0.2) is 33.3 Å². The normalized spacial score (nSPS) is 12.6. The highest BCUT2D eigenvalue weighted by Crippen LogP contribution is 2.24. The molecule has 2 atom stereocenters. The molecule has 0 aromatic carbocycles. The van der Waals surface area contributed by atoms with Crippen LogP contribution in [0.4, 0.5) is 30.9 Å². The third-order valence-corrected chi connectivity index (χ3v) is 4.10. The van der Waals surface area contributed by atoms with Gasteiger partial charge in [0.2, 0.25) is 0 Å². The van der Waals surface area contributed by atoms with E-state index in [0.717, 1.165) is 6.07 Å². The third kappa shape index (κ3) is 5.03. The highest BCUT2D eigenvalue weighted by molar-refractivity contribution is 5.66. The van der Waals surface area contributed by atoms with Crippen molar-refractivity contribution in [2.75, 3.05) is 10.6 Å². The zero-order chi connectivity index (χ0) is 20.8. The summed E-state index contributed by atoms with van der Waals surface area (Å²) < 4.78 is 28.1. The van der Waals surface area contributed by atoms with E-state index in [9.17, 15) is 18.8 Å². The maximum atomic E-state index is 14.4. The van der Waals surface area contributed by atoms with Gasteiger partial charge in [-0.1, -0.05) is 6.92 Å². The van der Waals surface area contributed by atoms with Crippen LogP contribution in [0.2, 0.25) is 0 Å². The van der Waals surface area contributed by atoms with E-state index in [-0.39, 0.29) is 28.6 Å². The number of carboxylic acid groups (broad SMARTS) is 1. The van der Waals surface area contributed by atoms with Crippen molar-refractivity contribution in [3.8, 4) is 6.07 Å². The van der Waals surface area contributed by atoms with Gasteiger partial charge in [0, 0.05) is 18.2 Å². The first-order valence-electron chi connectivity index (χ1n) is 8.51. The van der Waals surface area contributed by atoms with E-state index in [1.165, 1.54) is 19.2 Å². The van der Waals surface area contributed by atoms with E-state index in [1.54, 1.807) is 13.8 Å². The Balaban J connectivity index is 2.33. The monoisotopic (exact) mass is 390 g/mol. The minimum Gasteiger partial charge on any atom is -0.465 e. The van der Waals surface area contributed by atoms with Gasteiger partial charge in [-0.2, -0.15) is 5.26 Å². The summed E-state index contributed by atoms with van der Waals surface area (Å²) in [7, 11) is 0. The Hall–Kier alpha value is -3.48. The first-order valence-corrected chi connectivity index (χ1v) is 8.51. The summed E-state index contributed by atoms with van der Waals surface area (Å²) in [4.78, 5) is 18.8. The molecule has 8 nitrogen and oxygen atoms in total. The second-order valence-corrected chi connectivity index (χ2v) is 6.14. The predicted molar refractivity (Wildman–Crippen MR) is 99.4 cm³/mol. The van der Waals surface area contributed by atoms with Crippen molar-refractivity contribution in [2.24, 2.45) is 0 Å². The average molecular weight is 390 g/mol. The Morgan fingerprint density at radius 1 is 1.32 bits per heavy atom. The number of carbonyl (C=O) groups is 1. The average Bonchev–Trinajstić information content (AvgIpc) is 2.63. The molecule has 1 amide bonds. The third-order valence-electron chi connectivity index (χ3n) is 4.10. The molecule has 0 aliphatic heterocycles. The highest BCUT2D eigenvalue weighted by Gasteiger charge is 2.21. The maximum absolute atomic E-state index is 14.4. The topological polar surface area (TPSA) is 123 Å². The van der Waals surface area contributed by atoms with Crippen molar-refractivity contribution in [1.82, 2.24) is 15.3 Å². The van der Waals surface area contributed by atoms with Crippen LogP contribution in [0.25, 0.3) is 0 Å². The molecule has 28 heavy (non-hydrogen) atoms. The van der Waals surface area contributed by atoms with E-state index in [4.69, 9.17) is 5.11 Å². The van der Waals surface area contributed by atoms with Crippen molar-refractivity contribution in [3.63, 3.8) is 0 Å². The number of pyridine rings is 2. The number of amides is 1. The Labute approximate surface area is 160 Å². The lowest BCUT2D eigenvalue weighted by Gasteiger charge is -2.25. The van der Waals surface area contributed by atoms with Gasteiger partial charge < -0.3 is 21.1 Å². The summed E-state index contributed by atoms with van der Waals surface area (Å²) in [5.74, 6) is -1.45. The molecule has 4 N–H and O–H groups in total. The molecule has 0 fully saturated rings. The van der Waals surface area contributed by atoms with Gasteiger partial charge in [0.05, 0.1) is 23.1 Å². The molecule has 148 valence electrons. The zero-order valence-electron chi connectivity index (χ0n) is 15.5. The molecule has 0 saturated heterocycles. The number of rotatable bonds is 7. The first-order chi connectivity index (χ1) is 13.2. The molecule has 10 heteroatoms. The fourth-order valence-electron chi connectivity index (χ4n) is 2.53. The van der Waals surface area contributed by atoms with Gasteiger partial charge in [0.1, 0.15) is 11.9 Å². The second-order valence-electron chi connectivity index (χ2n) is 6.14.